The van der Waals surface area contributed by atoms with Crippen LogP contribution in [0, 0.1) is 5.92 Å². The van der Waals surface area contributed by atoms with Crippen molar-refractivity contribution in [2.75, 3.05) is 9.80 Å². The second-order valence-corrected chi connectivity index (χ2v) is 16.6. The van der Waals surface area contributed by atoms with Crippen LogP contribution in [0.4, 0.5) is 28.4 Å². The Labute approximate surface area is 360 Å². The predicted octanol–water partition coefficient (Wildman–Crippen LogP) is 17.0. The van der Waals surface area contributed by atoms with Crippen LogP contribution in [-0.2, 0) is 0 Å². The monoisotopic (exact) mass is 794 g/mol. The van der Waals surface area contributed by atoms with Crippen LogP contribution in [0.15, 0.2) is 229 Å². The summed E-state index contributed by atoms with van der Waals surface area (Å²) < 4.78 is 7.10. The van der Waals surface area contributed by atoms with Crippen molar-refractivity contribution in [3.05, 3.63) is 224 Å². The van der Waals surface area contributed by atoms with Gasteiger partial charge in [-0.3, -0.25) is 0 Å². The molecule has 0 radical (unpaired) electrons. The van der Waals surface area contributed by atoms with Crippen LogP contribution in [-0.4, -0.2) is 0 Å². The molecule has 1 unspecified atom stereocenters. The summed E-state index contributed by atoms with van der Waals surface area (Å²) in [6.45, 7) is 2.29. The molecule has 0 saturated carbocycles. The molecule has 1 aliphatic carbocycles. The van der Waals surface area contributed by atoms with Gasteiger partial charge in [0.2, 0.25) is 0 Å². The first kappa shape index (κ1) is 36.0. The highest BCUT2D eigenvalue weighted by Gasteiger charge is 2.24. The summed E-state index contributed by atoms with van der Waals surface area (Å²) in [7, 11) is 0. The summed E-state index contributed by atoms with van der Waals surface area (Å²) in [4.78, 5) is 4.81. The topological polar surface area (TPSA) is 19.6 Å². The Balaban J connectivity index is 1.04. The smallest absolute Gasteiger partial charge is 0.143 e. The molecule has 0 amide bonds. The number of hydrogen-bond donors (Lipinski definition) is 0. The van der Waals surface area contributed by atoms with Crippen LogP contribution in [0.5, 0.6) is 0 Å². The van der Waals surface area contributed by atoms with Gasteiger partial charge in [-0.1, -0.05) is 153 Å². The van der Waals surface area contributed by atoms with E-state index in [1.165, 1.54) is 49.1 Å². The number of nitrogens with zero attached hydrogens (tertiary/aromatic N) is 2. The van der Waals surface area contributed by atoms with Crippen molar-refractivity contribution in [3.8, 4) is 11.1 Å². The molecule has 1 heterocycles. The average molecular weight is 795 g/mol. The molecular weight excluding hydrogens is 753 g/mol. The molecule has 11 aromatic rings. The van der Waals surface area contributed by atoms with Crippen molar-refractivity contribution in [1.82, 2.24) is 0 Å². The molecule has 1 aliphatic rings. The Morgan fingerprint density at radius 1 is 0.452 bits per heavy atom. The van der Waals surface area contributed by atoms with E-state index in [4.69, 9.17) is 4.42 Å². The molecule has 12 rings (SSSR count). The van der Waals surface area contributed by atoms with Crippen molar-refractivity contribution in [3.63, 3.8) is 0 Å². The lowest BCUT2D eigenvalue weighted by Crippen LogP contribution is -2.20. The quantitative estimate of drug-likeness (QED) is 0.150. The first-order valence-electron chi connectivity index (χ1n) is 21.6. The van der Waals surface area contributed by atoms with E-state index in [2.05, 4.69) is 235 Å². The lowest BCUT2D eigenvalue weighted by atomic mass is 9.95. The molecule has 3 heteroatoms. The van der Waals surface area contributed by atoms with Crippen molar-refractivity contribution >= 4 is 93.5 Å². The summed E-state index contributed by atoms with van der Waals surface area (Å²) in [5, 5.41) is 11.9. The van der Waals surface area contributed by atoms with E-state index in [1.54, 1.807) is 0 Å². The minimum absolute atomic E-state index is 0.429. The molecule has 294 valence electrons. The zero-order chi connectivity index (χ0) is 41.1. The molecular formula is C59H42N2O. The zero-order valence-corrected chi connectivity index (χ0v) is 34.4. The first-order valence-corrected chi connectivity index (χ1v) is 21.6. The number of furan rings is 1. The SMILES string of the molecule is CC1C=CC=C(N(c2ccc3c(c2)oc2c4ccc(N(c5ccccc5)c5ccc6c(ccc7ccccc76)c5)cc4c4ccccc4c32)c2ccccc2-c2ccccc2)C1. The van der Waals surface area contributed by atoms with Gasteiger partial charge in [0, 0.05) is 56.2 Å². The third-order valence-corrected chi connectivity index (χ3v) is 12.7. The van der Waals surface area contributed by atoms with Crippen LogP contribution in [0.2, 0.25) is 0 Å². The van der Waals surface area contributed by atoms with Gasteiger partial charge in [0.25, 0.3) is 0 Å². The van der Waals surface area contributed by atoms with Gasteiger partial charge in [0.15, 0.2) is 0 Å². The second-order valence-electron chi connectivity index (χ2n) is 16.6. The van der Waals surface area contributed by atoms with Gasteiger partial charge < -0.3 is 14.2 Å². The highest BCUT2D eigenvalue weighted by atomic mass is 16.3. The number of hydrogen-bond acceptors (Lipinski definition) is 3. The van der Waals surface area contributed by atoms with Crippen LogP contribution in [0.25, 0.3) is 76.2 Å². The summed E-state index contributed by atoms with van der Waals surface area (Å²) in [5.74, 6) is 0.429. The summed E-state index contributed by atoms with van der Waals surface area (Å²) >= 11 is 0. The molecule has 0 fully saturated rings. The van der Waals surface area contributed by atoms with E-state index in [9.17, 15) is 0 Å². The molecule has 62 heavy (non-hydrogen) atoms. The zero-order valence-electron chi connectivity index (χ0n) is 34.4. The van der Waals surface area contributed by atoms with Gasteiger partial charge in [-0.05, 0) is 122 Å². The van der Waals surface area contributed by atoms with E-state index in [-0.39, 0.29) is 0 Å². The molecule has 10 aromatic carbocycles. The fourth-order valence-electron chi connectivity index (χ4n) is 9.85. The Bertz CT molecular complexity index is 3580. The normalized spacial score (nSPS) is 14.0. The van der Waals surface area contributed by atoms with E-state index < -0.39 is 0 Å². The van der Waals surface area contributed by atoms with E-state index in [0.717, 1.165) is 67.6 Å². The van der Waals surface area contributed by atoms with E-state index in [1.807, 2.05) is 0 Å². The first-order chi connectivity index (χ1) is 30.7. The molecule has 3 nitrogen and oxygen atoms in total. The molecule has 1 atom stereocenters. The van der Waals surface area contributed by atoms with E-state index >= 15 is 0 Å². The fraction of sp³-hybridized carbons (Fsp3) is 0.0508. The Morgan fingerprint density at radius 2 is 1.08 bits per heavy atom. The van der Waals surface area contributed by atoms with Crippen molar-refractivity contribution < 1.29 is 4.42 Å². The number of para-hydroxylation sites is 2. The highest BCUT2D eigenvalue weighted by molar-refractivity contribution is 6.30. The second kappa shape index (κ2) is 14.7. The van der Waals surface area contributed by atoms with Gasteiger partial charge >= 0.3 is 0 Å². The summed E-state index contributed by atoms with van der Waals surface area (Å²) in [6, 6.07) is 72.5. The van der Waals surface area contributed by atoms with Crippen molar-refractivity contribution in [1.29, 1.82) is 0 Å². The number of benzene rings is 10. The molecule has 0 N–H and O–H groups in total. The largest absolute Gasteiger partial charge is 0.455 e. The third-order valence-electron chi connectivity index (χ3n) is 12.7. The minimum atomic E-state index is 0.429. The van der Waals surface area contributed by atoms with Gasteiger partial charge in [-0.2, -0.15) is 0 Å². The fourth-order valence-corrected chi connectivity index (χ4v) is 9.85. The maximum Gasteiger partial charge on any atom is 0.143 e. The maximum absolute atomic E-state index is 7.10. The van der Waals surface area contributed by atoms with Crippen molar-refractivity contribution in [2.45, 2.75) is 13.3 Å². The van der Waals surface area contributed by atoms with Gasteiger partial charge in [-0.15, -0.1) is 0 Å². The number of allylic oxidation sites excluding steroid dienone is 4. The molecule has 0 aliphatic heterocycles. The lowest BCUT2D eigenvalue weighted by molar-refractivity contribution is 0.672. The maximum atomic E-state index is 7.10. The molecule has 1 aromatic heterocycles. The summed E-state index contributed by atoms with van der Waals surface area (Å²) in [5.41, 5.74) is 10.9. The van der Waals surface area contributed by atoms with Gasteiger partial charge in [0.1, 0.15) is 11.2 Å². The molecule has 0 bridgehead atoms. The number of rotatable bonds is 7. The van der Waals surface area contributed by atoms with Crippen LogP contribution in [0.1, 0.15) is 13.3 Å². The molecule has 0 spiro atoms. The Hall–Kier alpha value is -7.88. The predicted molar refractivity (Wildman–Crippen MR) is 263 cm³/mol. The standard InChI is InChI=1S/C59H42N2O/c1-39-15-14-21-44(35-39)61(56-26-13-12-23-50(56)40-16-4-2-5-17-40)47-31-34-54-57(38-47)62-59-53-33-30-46(37-55(53)51-24-10-11-25-52(51)58(54)59)60(43-19-6-3-7-20-43)45-29-32-49-42(36-45)28-27-41-18-8-9-22-48(41)49/h2-34,36-39H,35H2,1H3. The van der Waals surface area contributed by atoms with Crippen molar-refractivity contribution in [2.24, 2.45) is 5.92 Å². The average Bonchev–Trinajstić information content (AvgIpc) is 3.72. The lowest BCUT2D eigenvalue weighted by Gasteiger charge is -2.32. The van der Waals surface area contributed by atoms with Crippen LogP contribution < -0.4 is 9.80 Å². The molecule has 0 saturated heterocycles. The number of anilines is 5. The van der Waals surface area contributed by atoms with Gasteiger partial charge in [-0.25, -0.2) is 0 Å². The minimum Gasteiger partial charge on any atom is -0.455 e. The Kier molecular flexibility index (Phi) is 8.53. The Morgan fingerprint density at radius 3 is 1.90 bits per heavy atom. The van der Waals surface area contributed by atoms with Gasteiger partial charge in [0.05, 0.1) is 5.69 Å². The van der Waals surface area contributed by atoms with Crippen LogP contribution in [0.3, 0.4) is 0 Å². The number of fused-ring (bicyclic) bond motifs is 11. The third kappa shape index (κ3) is 5.96. The summed E-state index contributed by atoms with van der Waals surface area (Å²) in [6.07, 6.45) is 7.69. The highest BCUT2D eigenvalue weighted by Crippen LogP contribution is 2.47. The van der Waals surface area contributed by atoms with Crippen LogP contribution >= 0.6 is 0 Å². The van der Waals surface area contributed by atoms with E-state index in [0.29, 0.717) is 5.92 Å².